The molecule has 1 atom stereocenters. The first-order valence-corrected chi connectivity index (χ1v) is 8.17. The lowest BCUT2D eigenvalue weighted by molar-refractivity contribution is 0.144. The molecule has 5 heteroatoms. The molecule has 0 aliphatic carbocycles. The van der Waals surface area contributed by atoms with Crippen molar-refractivity contribution in [3.63, 3.8) is 0 Å². The van der Waals surface area contributed by atoms with Gasteiger partial charge in [-0.3, -0.25) is 9.46 Å². The van der Waals surface area contributed by atoms with Gasteiger partial charge in [0.25, 0.3) is 6.57 Å². The van der Waals surface area contributed by atoms with Crippen LogP contribution in [0.4, 0.5) is 0 Å². The number of rotatable bonds is 6. The Hall–Kier alpha value is 0.500. The highest BCUT2D eigenvalue weighted by molar-refractivity contribution is 8.46. The van der Waals surface area contributed by atoms with Crippen molar-refractivity contribution in [2.24, 2.45) is 0 Å². The van der Waals surface area contributed by atoms with Crippen LogP contribution < -0.4 is 0 Å². The largest absolute Gasteiger partial charge is 0.320 e. The normalized spacial score (nSPS) is 16.6. The number of thiol groups is 1. The van der Waals surface area contributed by atoms with E-state index in [1.165, 1.54) is 6.66 Å². The Kier molecular flexibility index (Phi) is 6.38. The third-order valence-corrected chi connectivity index (χ3v) is 3.01. The Bertz CT molecular complexity index is 195. The second-order valence-electron chi connectivity index (χ2n) is 4.06. The molecule has 0 aliphatic heterocycles. The molecular formula is C9H22NO2PS. The Labute approximate surface area is 92.8 Å². The van der Waals surface area contributed by atoms with Crippen molar-refractivity contribution in [3.05, 3.63) is 0 Å². The molecule has 0 unspecified atom stereocenters. The fourth-order valence-corrected chi connectivity index (χ4v) is 2.09. The van der Waals surface area contributed by atoms with Crippen LogP contribution in [0.3, 0.4) is 0 Å². The molecule has 3 nitrogen and oxygen atoms in total. The maximum atomic E-state index is 11.2. The molecular weight excluding hydrogens is 217 g/mol. The van der Waals surface area contributed by atoms with Gasteiger partial charge in [0.1, 0.15) is 0 Å². The van der Waals surface area contributed by atoms with Crippen molar-refractivity contribution in [3.8, 4) is 0 Å². The Balaban J connectivity index is 3.90. The van der Waals surface area contributed by atoms with Crippen LogP contribution in [0.25, 0.3) is 0 Å². The highest BCUT2D eigenvalue weighted by Crippen LogP contribution is 2.47. The molecule has 0 aromatic rings. The molecule has 0 radical (unpaired) electrons. The van der Waals surface area contributed by atoms with Gasteiger partial charge < -0.3 is 4.52 Å². The van der Waals surface area contributed by atoms with Gasteiger partial charge in [-0.05, 0) is 27.7 Å². The zero-order chi connectivity index (χ0) is 11.4. The van der Waals surface area contributed by atoms with Crippen molar-refractivity contribution >= 4 is 18.8 Å². The summed E-state index contributed by atoms with van der Waals surface area (Å²) in [5.74, 6) is 0. The van der Waals surface area contributed by atoms with Gasteiger partial charge in [-0.25, -0.2) is 0 Å². The molecule has 0 aromatic heterocycles. The average Bonchev–Trinajstić information content (AvgIpc) is 1.94. The van der Waals surface area contributed by atoms with E-state index < -0.39 is 6.57 Å². The highest BCUT2D eigenvalue weighted by atomic mass is 32.7. The Morgan fingerprint density at radius 3 is 2.00 bits per heavy atom. The maximum absolute atomic E-state index is 11.2. The van der Waals surface area contributed by atoms with E-state index in [-0.39, 0.29) is 0 Å². The van der Waals surface area contributed by atoms with Crippen molar-refractivity contribution in [2.45, 2.75) is 39.8 Å². The van der Waals surface area contributed by atoms with Crippen LogP contribution in [0.5, 0.6) is 0 Å². The minimum Gasteiger partial charge on any atom is -0.320 e. The Morgan fingerprint density at radius 2 is 1.71 bits per heavy atom. The number of nitrogens with zero attached hydrogens (tertiary/aromatic N) is 1. The summed E-state index contributed by atoms with van der Waals surface area (Å²) >= 11 is 3.88. The summed E-state index contributed by atoms with van der Waals surface area (Å²) in [6, 6.07) is 0.963. The maximum Gasteiger partial charge on any atom is 0.251 e. The minimum absolute atomic E-state index is 0.480. The molecule has 0 aromatic carbocycles. The number of hydrogen-bond donors (Lipinski definition) is 1. The minimum atomic E-state index is -2.61. The van der Waals surface area contributed by atoms with Crippen molar-refractivity contribution < 1.29 is 9.09 Å². The van der Waals surface area contributed by atoms with Gasteiger partial charge in [0, 0.05) is 25.3 Å². The topological polar surface area (TPSA) is 29.5 Å². The van der Waals surface area contributed by atoms with Gasteiger partial charge in [-0.1, -0.05) is 12.2 Å². The molecule has 14 heavy (non-hydrogen) atoms. The Morgan fingerprint density at radius 1 is 1.29 bits per heavy atom. The molecule has 0 saturated carbocycles. The molecule has 0 heterocycles. The summed E-state index contributed by atoms with van der Waals surface area (Å²) in [4.78, 5) is 2.30. The SMILES string of the molecule is CC(C)N(CCO[P@](C)(=O)S)C(C)C. The third kappa shape index (κ3) is 6.88. The molecule has 0 bridgehead atoms. The summed E-state index contributed by atoms with van der Waals surface area (Å²) in [6.45, 7) is 8.76. The monoisotopic (exact) mass is 239 g/mol. The third-order valence-electron chi connectivity index (χ3n) is 2.01. The summed E-state index contributed by atoms with van der Waals surface area (Å²) in [6.07, 6.45) is 0. The molecule has 0 N–H and O–H groups in total. The van der Waals surface area contributed by atoms with Gasteiger partial charge in [-0.2, -0.15) is 0 Å². The highest BCUT2D eigenvalue weighted by Gasteiger charge is 2.14. The summed E-state index contributed by atoms with van der Waals surface area (Å²) in [7, 11) is 0. The second kappa shape index (κ2) is 6.16. The first kappa shape index (κ1) is 14.5. The summed E-state index contributed by atoms with van der Waals surface area (Å²) < 4.78 is 16.3. The fourth-order valence-electron chi connectivity index (χ4n) is 1.43. The molecule has 0 saturated heterocycles. The molecule has 0 fully saturated rings. The molecule has 0 amide bonds. The zero-order valence-electron chi connectivity index (χ0n) is 9.73. The lowest BCUT2D eigenvalue weighted by atomic mass is 10.2. The zero-order valence-corrected chi connectivity index (χ0v) is 11.5. The predicted octanol–water partition coefficient (Wildman–Crippen LogP) is 2.87. The van der Waals surface area contributed by atoms with Crippen LogP contribution in [0.1, 0.15) is 27.7 Å². The van der Waals surface area contributed by atoms with Crippen molar-refractivity contribution in [1.82, 2.24) is 4.90 Å². The lowest BCUT2D eigenvalue weighted by Gasteiger charge is -2.30. The molecule has 0 spiro atoms. The molecule has 0 rings (SSSR count). The van der Waals surface area contributed by atoms with Gasteiger partial charge in [0.2, 0.25) is 0 Å². The second-order valence-corrected chi connectivity index (χ2v) is 8.11. The van der Waals surface area contributed by atoms with Crippen molar-refractivity contribution in [2.75, 3.05) is 19.8 Å². The van der Waals surface area contributed by atoms with Crippen LogP contribution in [0.2, 0.25) is 0 Å². The van der Waals surface area contributed by atoms with E-state index in [2.05, 4.69) is 44.8 Å². The van der Waals surface area contributed by atoms with Crippen LogP contribution >= 0.6 is 18.8 Å². The van der Waals surface area contributed by atoms with E-state index in [0.29, 0.717) is 18.7 Å². The van der Waals surface area contributed by atoms with Gasteiger partial charge >= 0.3 is 0 Å². The van der Waals surface area contributed by atoms with Crippen LogP contribution in [0, 0.1) is 0 Å². The van der Waals surface area contributed by atoms with Gasteiger partial charge in [0.15, 0.2) is 0 Å². The predicted molar refractivity (Wildman–Crippen MR) is 65.4 cm³/mol. The molecule has 0 aliphatic rings. The summed E-state index contributed by atoms with van der Waals surface area (Å²) in [5, 5.41) is 0. The average molecular weight is 239 g/mol. The van der Waals surface area contributed by atoms with Crippen LogP contribution in [-0.2, 0) is 9.09 Å². The summed E-state index contributed by atoms with van der Waals surface area (Å²) in [5.41, 5.74) is 0. The van der Waals surface area contributed by atoms with E-state index in [1.54, 1.807) is 0 Å². The fraction of sp³-hybridized carbons (Fsp3) is 1.00. The first-order chi connectivity index (χ1) is 6.24. The van der Waals surface area contributed by atoms with Crippen LogP contribution in [-0.4, -0.2) is 36.8 Å². The quantitative estimate of drug-likeness (QED) is 0.571. The van der Waals surface area contributed by atoms with Crippen LogP contribution in [0.15, 0.2) is 0 Å². The van der Waals surface area contributed by atoms with Crippen molar-refractivity contribution in [1.29, 1.82) is 0 Å². The van der Waals surface area contributed by atoms with E-state index in [9.17, 15) is 4.57 Å². The first-order valence-electron chi connectivity index (χ1n) is 4.94. The van der Waals surface area contributed by atoms with E-state index in [4.69, 9.17) is 4.52 Å². The lowest BCUT2D eigenvalue weighted by Crippen LogP contribution is -2.39. The van der Waals surface area contributed by atoms with E-state index in [0.717, 1.165) is 6.54 Å². The smallest absolute Gasteiger partial charge is 0.251 e. The van der Waals surface area contributed by atoms with E-state index >= 15 is 0 Å². The standard InChI is InChI=1S/C9H22NO2PS/c1-8(2)10(9(3)4)6-7-12-13(5,11)14/h8-9H,6-7H2,1-5H3,(H,11,14)/t13-/m0/s1. The van der Waals surface area contributed by atoms with E-state index in [1.807, 2.05) is 0 Å². The molecule has 86 valence electrons. The van der Waals surface area contributed by atoms with Gasteiger partial charge in [0.05, 0.1) is 6.61 Å². The number of hydrogen-bond acceptors (Lipinski definition) is 3. The van der Waals surface area contributed by atoms with Gasteiger partial charge in [-0.15, -0.1) is 0 Å².